The van der Waals surface area contributed by atoms with E-state index in [1.165, 1.54) is 6.92 Å². The minimum atomic E-state index is -4.73. The van der Waals surface area contributed by atoms with Crippen molar-refractivity contribution in [1.29, 1.82) is 0 Å². The summed E-state index contributed by atoms with van der Waals surface area (Å²) in [5.41, 5.74) is 7.86. The van der Waals surface area contributed by atoms with Crippen LogP contribution in [0.1, 0.15) is 13.3 Å². The van der Waals surface area contributed by atoms with Crippen molar-refractivity contribution in [2.45, 2.75) is 31.7 Å². The fraction of sp³-hybridized carbons (Fsp3) is 1.00. The lowest BCUT2D eigenvalue weighted by Crippen LogP contribution is -2.38. The highest BCUT2D eigenvalue weighted by molar-refractivity contribution is 4.80. The molecule has 0 unspecified atom stereocenters. The first-order valence-corrected chi connectivity index (χ1v) is 3.22. The van der Waals surface area contributed by atoms with Gasteiger partial charge in [-0.05, 0) is 12.0 Å². The van der Waals surface area contributed by atoms with E-state index in [9.17, 15) is 13.2 Å². The number of azide groups is 1. The fourth-order valence-corrected chi connectivity index (χ4v) is 0.653. The highest BCUT2D eigenvalue weighted by Gasteiger charge is 2.42. The molecule has 0 aromatic carbocycles. The summed E-state index contributed by atoms with van der Waals surface area (Å²) in [5.74, 6) is 0. The maximum Gasteiger partial charge on any atom is 0.414 e. The number of hydrogen-bond acceptors (Lipinski definition) is 2. The molecule has 1 N–H and O–H groups in total. The zero-order valence-electron chi connectivity index (χ0n) is 6.28. The zero-order valence-corrected chi connectivity index (χ0v) is 6.28. The van der Waals surface area contributed by atoms with Gasteiger partial charge >= 0.3 is 6.18 Å². The third kappa shape index (κ3) is 2.98. The Morgan fingerprint density at radius 2 is 2.08 bits per heavy atom. The SMILES string of the molecule is CC[C@H](N=[N+]=[N-])[C@H](O)C(F)(F)F. The number of nitrogens with zero attached hydrogens (tertiary/aromatic N) is 3. The first kappa shape index (κ1) is 11.1. The molecule has 0 bridgehead atoms. The van der Waals surface area contributed by atoms with Crippen molar-refractivity contribution >= 4 is 0 Å². The van der Waals surface area contributed by atoms with Crippen LogP contribution in [0.3, 0.4) is 0 Å². The summed E-state index contributed by atoms with van der Waals surface area (Å²) in [6, 6.07) is -1.44. The van der Waals surface area contributed by atoms with Crippen molar-refractivity contribution in [3.05, 3.63) is 10.4 Å². The summed E-state index contributed by atoms with van der Waals surface area (Å²) in [4.78, 5) is 2.21. The molecule has 0 saturated heterocycles. The minimum Gasteiger partial charge on any atom is -0.383 e. The van der Waals surface area contributed by atoms with Gasteiger partial charge in [-0.15, -0.1) is 0 Å². The lowest BCUT2D eigenvalue weighted by molar-refractivity contribution is -0.209. The van der Waals surface area contributed by atoms with Gasteiger partial charge < -0.3 is 5.11 Å². The van der Waals surface area contributed by atoms with Crippen molar-refractivity contribution in [1.82, 2.24) is 0 Å². The maximum atomic E-state index is 11.8. The van der Waals surface area contributed by atoms with E-state index in [1.807, 2.05) is 0 Å². The van der Waals surface area contributed by atoms with Crippen molar-refractivity contribution in [2.75, 3.05) is 0 Å². The minimum absolute atomic E-state index is 0.0509. The second-order valence-electron chi connectivity index (χ2n) is 2.17. The first-order valence-electron chi connectivity index (χ1n) is 3.22. The molecule has 12 heavy (non-hydrogen) atoms. The predicted molar refractivity (Wildman–Crippen MR) is 35.3 cm³/mol. The Morgan fingerprint density at radius 1 is 1.58 bits per heavy atom. The molecule has 0 aliphatic carbocycles. The molecule has 0 aliphatic rings. The zero-order chi connectivity index (χ0) is 9.78. The normalized spacial score (nSPS) is 16.4. The Balaban J connectivity index is 4.41. The molecule has 0 aromatic heterocycles. The molecule has 0 radical (unpaired) electrons. The van der Waals surface area contributed by atoms with E-state index in [1.54, 1.807) is 0 Å². The van der Waals surface area contributed by atoms with Crippen LogP contribution in [0.5, 0.6) is 0 Å². The van der Waals surface area contributed by atoms with Gasteiger partial charge in [0.15, 0.2) is 6.10 Å². The number of halogens is 3. The van der Waals surface area contributed by atoms with Crippen molar-refractivity contribution < 1.29 is 18.3 Å². The van der Waals surface area contributed by atoms with Crippen LogP contribution in [0.25, 0.3) is 10.4 Å². The topological polar surface area (TPSA) is 69.0 Å². The molecule has 0 aromatic rings. The Morgan fingerprint density at radius 3 is 2.33 bits per heavy atom. The van der Waals surface area contributed by atoms with E-state index >= 15 is 0 Å². The van der Waals surface area contributed by atoms with Crippen LogP contribution in [-0.4, -0.2) is 23.4 Å². The Hall–Kier alpha value is -0.940. The third-order valence-corrected chi connectivity index (χ3v) is 1.32. The fourth-order valence-electron chi connectivity index (χ4n) is 0.653. The van der Waals surface area contributed by atoms with Gasteiger partial charge in [0.1, 0.15) is 0 Å². The van der Waals surface area contributed by atoms with Crippen LogP contribution in [0.2, 0.25) is 0 Å². The standard InChI is InChI=1S/C5H8F3N3O/c1-2-3(10-11-9)4(12)5(6,7)8/h3-4,12H,2H2,1H3/t3-,4-/m0/s1. The van der Waals surface area contributed by atoms with E-state index in [4.69, 9.17) is 10.6 Å². The van der Waals surface area contributed by atoms with E-state index in [2.05, 4.69) is 10.0 Å². The second-order valence-corrected chi connectivity index (χ2v) is 2.17. The van der Waals surface area contributed by atoms with Gasteiger partial charge in [-0.1, -0.05) is 12.0 Å². The summed E-state index contributed by atoms with van der Waals surface area (Å²) >= 11 is 0. The molecule has 2 atom stereocenters. The van der Waals surface area contributed by atoms with Crippen molar-refractivity contribution in [3.8, 4) is 0 Å². The number of aliphatic hydroxyl groups excluding tert-OH is 1. The lowest BCUT2D eigenvalue weighted by atomic mass is 10.1. The summed E-state index contributed by atoms with van der Waals surface area (Å²) in [6.07, 6.45) is -7.35. The molecular formula is C5H8F3N3O. The molecule has 0 heterocycles. The number of alkyl halides is 3. The van der Waals surface area contributed by atoms with E-state index in [0.717, 1.165) is 0 Å². The molecule has 70 valence electrons. The summed E-state index contributed by atoms with van der Waals surface area (Å²) < 4.78 is 35.3. The van der Waals surface area contributed by atoms with E-state index < -0.39 is 18.3 Å². The molecule has 0 rings (SSSR count). The van der Waals surface area contributed by atoms with Crippen molar-refractivity contribution in [2.24, 2.45) is 5.11 Å². The largest absolute Gasteiger partial charge is 0.414 e. The van der Waals surface area contributed by atoms with Gasteiger partial charge in [-0.3, -0.25) is 0 Å². The Labute approximate surface area is 66.6 Å². The highest BCUT2D eigenvalue weighted by Crippen LogP contribution is 2.25. The first-order chi connectivity index (χ1) is 5.43. The van der Waals surface area contributed by atoms with E-state index in [0.29, 0.717) is 0 Å². The van der Waals surface area contributed by atoms with Gasteiger partial charge in [0.05, 0.1) is 6.04 Å². The van der Waals surface area contributed by atoms with Gasteiger partial charge in [-0.25, -0.2) is 0 Å². The second kappa shape index (κ2) is 4.18. The van der Waals surface area contributed by atoms with Gasteiger partial charge in [0, 0.05) is 4.91 Å². The molecule has 0 amide bonds. The molecule has 0 aliphatic heterocycles. The predicted octanol–water partition coefficient (Wildman–Crippen LogP) is 2.00. The van der Waals surface area contributed by atoms with Gasteiger partial charge in [-0.2, -0.15) is 13.2 Å². The number of hydrogen-bond donors (Lipinski definition) is 1. The van der Waals surface area contributed by atoms with Crippen LogP contribution in [0.4, 0.5) is 13.2 Å². The van der Waals surface area contributed by atoms with Crippen LogP contribution < -0.4 is 0 Å². The van der Waals surface area contributed by atoms with Crippen LogP contribution in [-0.2, 0) is 0 Å². The Bertz CT molecular complexity index is 187. The molecule has 0 saturated carbocycles. The number of aliphatic hydroxyl groups is 1. The average molecular weight is 183 g/mol. The summed E-state index contributed by atoms with van der Waals surface area (Å²) in [5, 5.41) is 11.4. The molecule has 4 nitrogen and oxygen atoms in total. The van der Waals surface area contributed by atoms with Crippen LogP contribution in [0.15, 0.2) is 5.11 Å². The van der Waals surface area contributed by atoms with Gasteiger partial charge in [0.25, 0.3) is 0 Å². The van der Waals surface area contributed by atoms with Crippen LogP contribution >= 0.6 is 0 Å². The quantitative estimate of drug-likeness (QED) is 0.405. The molecule has 0 spiro atoms. The smallest absolute Gasteiger partial charge is 0.383 e. The number of rotatable bonds is 3. The molecule has 7 heteroatoms. The van der Waals surface area contributed by atoms with Gasteiger partial charge in [0.2, 0.25) is 0 Å². The van der Waals surface area contributed by atoms with E-state index in [-0.39, 0.29) is 6.42 Å². The average Bonchev–Trinajstić information content (AvgIpc) is 1.97. The van der Waals surface area contributed by atoms with Crippen LogP contribution in [0, 0.1) is 0 Å². The monoisotopic (exact) mass is 183 g/mol. The Kier molecular flexibility index (Phi) is 3.85. The third-order valence-electron chi connectivity index (χ3n) is 1.32. The summed E-state index contributed by atoms with van der Waals surface area (Å²) in [7, 11) is 0. The lowest BCUT2D eigenvalue weighted by Gasteiger charge is -2.19. The summed E-state index contributed by atoms with van der Waals surface area (Å²) in [6.45, 7) is 1.40. The molecular weight excluding hydrogens is 175 g/mol. The highest BCUT2D eigenvalue weighted by atomic mass is 19.4. The maximum absolute atomic E-state index is 11.8. The van der Waals surface area contributed by atoms with Crippen molar-refractivity contribution in [3.63, 3.8) is 0 Å². The molecule has 0 fully saturated rings.